The maximum Gasteiger partial charge on any atom is 0.269 e. The quantitative estimate of drug-likeness (QED) is 0.450. The number of amides is 1. The maximum atomic E-state index is 12.6. The van der Waals surface area contributed by atoms with E-state index in [-0.39, 0.29) is 35.6 Å². The standard InChI is InChI=1S/C22H27N3O6S/c1-16-13-18(25(27)28)5-8-21(16)23-22(26)9-11-24(19-10-12-32(29,30)15-19)14-17-3-6-20(31-2)7-4-17/h3-8,13,19H,9-12,14-15H2,1-2H3,(H,23,26). The maximum absolute atomic E-state index is 12.6. The fourth-order valence-electron chi connectivity index (χ4n) is 3.78. The van der Waals surface area contributed by atoms with Gasteiger partial charge >= 0.3 is 0 Å². The first-order chi connectivity index (χ1) is 15.2. The Morgan fingerprint density at radius 3 is 2.53 bits per heavy atom. The second kappa shape index (κ2) is 10.1. The van der Waals surface area contributed by atoms with Crippen LogP contribution in [0.4, 0.5) is 11.4 Å². The summed E-state index contributed by atoms with van der Waals surface area (Å²) in [5.74, 6) is 0.751. The average Bonchev–Trinajstić information content (AvgIpc) is 3.12. The van der Waals surface area contributed by atoms with Gasteiger partial charge < -0.3 is 10.1 Å². The predicted molar refractivity (Wildman–Crippen MR) is 122 cm³/mol. The van der Waals surface area contributed by atoms with E-state index < -0.39 is 14.8 Å². The molecule has 1 amide bonds. The van der Waals surface area contributed by atoms with Crippen molar-refractivity contribution in [1.29, 1.82) is 0 Å². The average molecular weight is 462 g/mol. The van der Waals surface area contributed by atoms with Crippen LogP contribution >= 0.6 is 0 Å². The lowest BCUT2D eigenvalue weighted by Crippen LogP contribution is -2.37. The molecule has 1 N–H and O–H groups in total. The van der Waals surface area contributed by atoms with E-state index in [2.05, 4.69) is 5.32 Å². The molecule has 0 bridgehead atoms. The third-order valence-corrected chi connectivity index (χ3v) is 7.34. The fraction of sp³-hybridized carbons (Fsp3) is 0.409. The topological polar surface area (TPSA) is 119 Å². The number of nitrogens with one attached hydrogen (secondary N) is 1. The van der Waals surface area contributed by atoms with Crippen LogP contribution in [0.1, 0.15) is 24.0 Å². The molecule has 0 spiro atoms. The van der Waals surface area contributed by atoms with Gasteiger partial charge in [0.15, 0.2) is 9.84 Å². The zero-order valence-corrected chi connectivity index (χ0v) is 18.9. The monoisotopic (exact) mass is 461 g/mol. The lowest BCUT2D eigenvalue weighted by molar-refractivity contribution is -0.384. The van der Waals surface area contributed by atoms with E-state index in [0.717, 1.165) is 11.3 Å². The summed E-state index contributed by atoms with van der Waals surface area (Å²) in [6.07, 6.45) is 0.713. The van der Waals surface area contributed by atoms with Gasteiger partial charge in [0, 0.05) is 43.4 Å². The minimum absolute atomic E-state index is 0.0337. The van der Waals surface area contributed by atoms with Crippen LogP contribution in [0.3, 0.4) is 0 Å². The molecule has 9 nitrogen and oxygen atoms in total. The Hall–Kier alpha value is -2.98. The molecule has 3 rings (SSSR count). The van der Waals surface area contributed by atoms with E-state index in [1.165, 1.54) is 18.2 Å². The minimum Gasteiger partial charge on any atom is -0.497 e. The predicted octanol–water partition coefficient (Wildman–Crippen LogP) is 2.93. The van der Waals surface area contributed by atoms with Crippen molar-refractivity contribution in [3.05, 3.63) is 63.7 Å². The number of carbonyl (C=O) groups excluding carboxylic acids is 1. The first-order valence-corrected chi connectivity index (χ1v) is 12.1. The number of hydrogen-bond donors (Lipinski definition) is 1. The molecule has 1 heterocycles. The summed E-state index contributed by atoms with van der Waals surface area (Å²) < 4.78 is 29.2. The van der Waals surface area contributed by atoms with E-state index in [9.17, 15) is 23.3 Å². The van der Waals surface area contributed by atoms with Gasteiger partial charge in [0.1, 0.15) is 5.75 Å². The summed E-state index contributed by atoms with van der Waals surface area (Å²) in [5, 5.41) is 13.7. The van der Waals surface area contributed by atoms with Gasteiger partial charge in [-0.05, 0) is 42.7 Å². The number of methoxy groups -OCH3 is 1. The van der Waals surface area contributed by atoms with Crippen LogP contribution in [0.25, 0.3) is 0 Å². The number of carbonyl (C=O) groups is 1. The molecule has 0 aliphatic carbocycles. The van der Waals surface area contributed by atoms with Crippen molar-refractivity contribution in [2.45, 2.75) is 32.4 Å². The Kier molecular flexibility index (Phi) is 7.47. The van der Waals surface area contributed by atoms with Crippen LogP contribution in [0.5, 0.6) is 5.75 Å². The molecule has 32 heavy (non-hydrogen) atoms. The van der Waals surface area contributed by atoms with E-state index >= 15 is 0 Å². The highest BCUT2D eigenvalue weighted by atomic mass is 32.2. The number of ether oxygens (including phenoxy) is 1. The third-order valence-electron chi connectivity index (χ3n) is 5.59. The molecule has 0 radical (unpaired) electrons. The van der Waals surface area contributed by atoms with Gasteiger partial charge in [-0.1, -0.05) is 12.1 Å². The SMILES string of the molecule is COc1ccc(CN(CCC(=O)Nc2ccc([N+](=O)[O-])cc2C)C2CCS(=O)(=O)C2)cc1. The molecule has 1 atom stereocenters. The number of sulfone groups is 1. The number of anilines is 1. The van der Waals surface area contributed by atoms with Gasteiger partial charge in [0.05, 0.1) is 23.5 Å². The summed E-state index contributed by atoms with van der Waals surface area (Å²) >= 11 is 0. The molecular formula is C22H27N3O6S. The van der Waals surface area contributed by atoms with Crippen LogP contribution in [0.2, 0.25) is 0 Å². The van der Waals surface area contributed by atoms with Crippen LogP contribution in [-0.2, 0) is 21.2 Å². The summed E-state index contributed by atoms with van der Waals surface area (Å²) in [7, 11) is -1.47. The number of aryl methyl sites for hydroxylation is 1. The molecule has 1 saturated heterocycles. The molecule has 1 unspecified atom stereocenters. The fourth-order valence-corrected chi connectivity index (χ4v) is 5.54. The number of nitrogens with zero attached hydrogens (tertiary/aromatic N) is 2. The number of nitro benzene ring substituents is 1. The summed E-state index contributed by atoms with van der Waals surface area (Å²) in [4.78, 5) is 25.0. The molecule has 172 valence electrons. The van der Waals surface area contributed by atoms with Crippen LogP contribution in [0, 0.1) is 17.0 Å². The van der Waals surface area contributed by atoms with Crippen molar-refractivity contribution in [3.63, 3.8) is 0 Å². The number of non-ortho nitro benzene ring substituents is 1. The number of nitro groups is 1. The highest BCUT2D eigenvalue weighted by Crippen LogP contribution is 2.23. The van der Waals surface area contributed by atoms with Gasteiger partial charge in [-0.15, -0.1) is 0 Å². The number of hydrogen-bond acceptors (Lipinski definition) is 7. The smallest absolute Gasteiger partial charge is 0.269 e. The van der Waals surface area contributed by atoms with Gasteiger partial charge in [-0.25, -0.2) is 8.42 Å². The Morgan fingerprint density at radius 2 is 1.97 bits per heavy atom. The largest absolute Gasteiger partial charge is 0.497 e. The molecule has 1 aliphatic rings. The van der Waals surface area contributed by atoms with E-state index in [1.807, 2.05) is 29.2 Å². The molecule has 0 saturated carbocycles. The zero-order valence-electron chi connectivity index (χ0n) is 18.1. The Bertz CT molecular complexity index is 1090. The Labute approximate surface area is 187 Å². The first kappa shape index (κ1) is 23.7. The van der Waals surface area contributed by atoms with Gasteiger partial charge in [0.2, 0.25) is 5.91 Å². The molecule has 2 aromatic rings. The number of rotatable bonds is 9. The lowest BCUT2D eigenvalue weighted by atomic mass is 10.1. The third kappa shape index (κ3) is 6.27. The molecule has 1 aliphatic heterocycles. The Balaban J connectivity index is 1.66. The second-order valence-corrected chi connectivity index (χ2v) is 10.2. The van der Waals surface area contributed by atoms with E-state index in [1.54, 1.807) is 14.0 Å². The van der Waals surface area contributed by atoms with Gasteiger partial charge in [0.25, 0.3) is 5.69 Å². The van der Waals surface area contributed by atoms with Crippen LogP contribution < -0.4 is 10.1 Å². The van der Waals surface area contributed by atoms with Crippen molar-refractivity contribution in [2.24, 2.45) is 0 Å². The molecule has 0 aromatic heterocycles. The summed E-state index contributed by atoms with van der Waals surface area (Å²) in [6, 6.07) is 11.7. The van der Waals surface area contributed by atoms with Crippen LogP contribution in [0.15, 0.2) is 42.5 Å². The van der Waals surface area contributed by atoms with Crippen molar-refractivity contribution in [3.8, 4) is 5.75 Å². The molecular weight excluding hydrogens is 434 g/mol. The van der Waals surface area contributed by atoms with Crippen molar-refractivity contribution in [2.75, 3.05) is 30.5 Å². The molecule has 1 fully saturated rings. The van der Waals surface area contributed by atoms with Gasteiger partial charge in [-0.3, -0.25) is 19.8 Å². The van der Waals surface area contributed by atoms with Crippen LogP contribution in [-0.4, -0.2) is 55.4 Å². The van der Waals surface area contributed by atoms with Gasteiger partial charge in [-0.2, -0.15) is 0 Å². The lowest BCUT2D eigenvalue weighted by Gasteiger charge is -2.28. The van der Waals surface area contributed by atoms with Crippen molar-refractivity contribution in [1.82, 2.24) is 4.90 Å². The highest BCUT2D eigenvalue weighted by molar-refractivity contribution is 7.91. The normalized spacial score (nSPS) is 17.3. The molecule has 2 aromatic carbocycles. The molecule has 10 heteroatoms. The summed E-state index contributed by atoms with van der Waals surface area (Å²) in [5.41, 5.74) is 2.09. The zero-order chi connectivity index (χ0) is 23.3. The van der Waals surface area contributed by atoms with E-state index in [4.69, 9.17) is 4.74 Å². The number of benzene rings is 2. The minimum atomic E-state index is -3.06. The van der Waals surface area contributed by atoms with Crippen molar-refractivity contribution >= 4 is 27.1 Å². The van der Waals surface area contributed by atoms with E-state index in [0.29, 0.717) is 30.8 Å². The second-order valence-electron chi connectivity index (χ2n) is 7.93. The first-order valence-electron chi connectivity index (χ1n) is 10.3. The Morgan fingerprint density at radius 1 is 1.25 bits per heavy atom. The highest BCUT2D eigenvalue weighted by Gasteiger charge is 2.32. The summed E-state index contributed by atoms with van der Waals surface area (Å²) in [6.45, 7) is 2.61. The van der Waals surface area contributed by atoms with Crippen molar-refractivity contribution < 1.29 is 22.9 Å².